The first-order valence-corrected chi connectivity index (χ1v) is 4.11. The van der Waals surface area contributed by atoms with Crippen molar-refractivity contribution in [2.75, 3.05) is 0 Å². The zero-order valence-corrected chi connectivity index (χ0v) is 8.06. The molecule has 0 N–H and O–H groups in total. The third kappa shape index (κ3) is 1.28. The minimum Gasteiger partial charge on any atom is -0.546 e. The van der Waals surface area contributed by atoms with Gasteiger partial charge in [0.15, 0.2) is 0 Å². The van der Waals surface area contributed by atoms with Gasteiger partial charge in [0.1, 0.15) is 0 Å². The van der Waals surface area contributed by atoms with E-state index in [1.165, 1.54) is 0 Å². The van der Waals surface area contributed by atoms with E-state index in [9.17, 15) is 46.1 Å². The second-order valence-electron chi connectivity index (χ2n) is 3.48. The maximum absolute atomic E-state index is 13.4. The van der Waals surface area contributed by atoms with Crippen LogP contribution in [0.3, 0.4) is 0 Å². The highest BCUT2D eigenvalue weighted by Crippen LogP contribution is 2.54. The first-order valence-electron chi connectivity index (χ1n) is 4.11. The number of aliphatic carboxylic acids is 2. The van der Waals surface area contributed by atoms with Crippen LogP contribution in [0, 0.1) is 0 Å². The molecule has 2 unspecified atom stereocenters. The molecule has 0 amide bonds. The summed E-state index contributed by atoms with van der Waals surface area (Å²) in [5, 5.41) is 20.3. The van der Waals surface area contributed by atoms with E-state index in [-0.39, 0.29) is 0 Å². The van der Waals surface area contributed by atoms with Gasteiger partial charge in [-0.1, -0.05) is 0 Å². The van der Waals surface area contributed by atoms with Gasteiger partial charge in [0.2, 0.25) is 5.67 Å². The fourth-order valence-corrected chi connectivity index (χ4v) is 1.36. The van der Waals surface area contributed by atoms with E-state index < -0.39 is 47.3 Å². The van der Waals surface area contributed by atoms with E-state index in [1.807, 2.05) is 0 Å². The van der Waals surface area contributed by atoms with Crippen molar-refractivity contribution in [1.82, 2.24) is 0 Å². The SMILES string of the molecule is O=C([O-])C1(F)C=CC(F)(F)C(F)(C(=O)[O-])C1(F)F. The topological polar surface area (TPSA) is 80.3 Å². The Morgan fingerprint density at radius 3 is 1.61 bits per heavy atom. The van der Waals surface area contributed by atoms with E-state index in [2.05, 4.69) is 0 Å². The van der Waals surface area contributed by atoms with Crippen molar-refractivity contribution in [3.8, 4) is 0 Å². The highest BCUT2D eigenvalue weighted by molar-refractivity contribution is 5.87. The minimum atomic E-state index is -6.13. The van der Waals surface area contributed by atoms with Gasteiger partial charge in [-0.3, -0.25) is 0 Å². The van der Waals surface area contributed by atoms with Crippen molar-refractivity contribution in [3.63, 3.8) is 0 Å². The lowest BCUT2D eigenvalue weighted by molar-refractivity contribution is -0.369. The number of carboxylic acid groups (broad SMARTS) is 2. The van der Waals surface area contributed by atoms with E-state index in [1.54, 1.807) is 0 Å². The zero-order chi connectivity index (χ0) is 14.6. The van der Waals surface area contributed by atoms with Crippen LogP contribution in [0.5, 0.6) is 0 Å². The molecule has 4 nitrogen and oxygen atoms in total. The first-order chi connectivity index (χ1) is 7.84. The Bertz CT molecular complexity index is 447. The van der Waals surface area contributed by atoms with Gasteiger partial charge in [0.25, 0.3) is 5.67 Å². The van der Waals surface area contributed by atoms with Crippen LogP contribution in [-0.2, 0) is 9.59 Å². The molecule has 0 saturated heterocycles. The van der Waals surface area contributed by atoms with Crippen molar-refractivity contribution < 1.29 is 46.1 Å². The number of hydrogen-bond donors (Lipinski definition) is 0. The summed E-state index contributed by atoms with van der Waals surface area (Å²) in [5.74, 6) is -18.4. The number of allylic oxidation sites excluding steroid dienone is 1. The van der Waals surface area contributed by atoms with E-state index in [0.717, 1.165) is 0 Å². The zero-order valence-electron chi connectivity index (χ0n) is 8.06. The van der Waals surface area contributed by atoms with Crippen molar-refractivity contribution in [2.45, 2.75) is 23.2 Å². The molecule has 0 bridgehead atoms. The Kier molecular flexibility index (Phi) is 2.70. The van der Waals surface area contributed by atoms with Crippen LogP contribution in [0.15, 0.2) is 12.2 Å². The maximum atomic E-state index is 13.4. The van der Waals surface area contributed by atoms with E-state index in [0.29, 0.717) is 0 Å². The van der Waals surface area contributed by atoms with E-state index >= 15 is 0 Å². The summed E-state index contributed by atoms with van der Waals surface area (Å²) < 4.78 is 78.7. The summed E-state index contributed by atoms with van der Waals surface area (Å²) in [6, 6.07) is 0. The van der Waals surface area contributed by atoms with Gasteiger partial charge in [-0.05, 0) is 12.2 Å². The molecule has 0 aromatic rings. The van der Waals surface area contributed by atoms with Crippen LogP contribution in [0.1, 0.15) is 0 Å². The summed E-state index contributed by atoms with van der Waals surface area (Å²) in [6.45, 7) is 0. The summed E-state index contributed by atoms with van der Waals surface area (Å²) in [4.78, 5) is 20.3. The van der Waals surface area contributed by atoms with Crippen LogP contribution in [0.4, 0.5) is 26.3 Å². The normalized spacial score (nSPS) is 37.2. The fourth-order valence-electron chi connectivity index (χ4n) is 1.36. The Morgan fingerprint density at radius 1 is 0.833 bits per heavy atom. The Labute approximate surface area is 94.5 Å². The molecule has 0 radical (unpaired) electrons. The highest BCUT2D eigenvalue weighted by atomic mass is 19.3. The Balaban J connectivity index is 3.67. The van der Waals surface area contributed by atoms with Crippen molar-refractivity contribution >= 4 is 11.9 Å². The molecular weight excluding hydrogens is 274 g/mol. The number of rotatable bonds is 2. The molecule has 2 atom stereocenters. The second-order valence-corrected chi connectivity index (χ2v) is 3.48. The maximum Gasteiger partial charge on any atom is 0.335 e. The Morgan fingerprint density at radius 2 is 1.28 bits per heavy atom. The molecule has 1 aliphatic rings. The van der Waals surface area contributed by atoms with Gasteiger partial charge in [-0.25, -0.2) is 8.78 Å². The molecule has 18 heavy (non-hydrogen) atoms. The summed E-state index contributed by atoms with van der Waals surface area (Å²) >= 11 is 0. The standard InChI is InChI=1S/C8H4F6O4/c9-5(3(15)16)1-2-6(10,11)7(12,4(17)18)8(5,13)14/h1-2H,(H,15,16)(H,17,18)/p-2. The molecule has 102 valence electrons. The molecule has 0 aromatic heterocycles. The summed E-state index contributed by atoms with van der Waals surface area (Å²) in [6.07, 6.45) is -1.78. The monoisotopic (exact) mass is 276 g/mol. The van der Waals surface area contributed by atoms with Gasteiger partial charge in [0.05, 0.1) is 11.9 Å². The van der Waals surface area contributed by atoms with Crippen LogP contribution in [0.25, 0.3) is 0 Å². The predicted molar refractivity (Wildman–Crippen MR) is 36.7 cm³/mol. The lowest BCUT2D eigenvalue weighted by Gasteiger charge is -2.46. The van der Waals surface area contributed by atoms with Gasteiger partial charge in [0, 0.05) is 0 Å². The fraction of sp³-hybridized carbons (Fsp3) is 0.500. The number of alkyl halides is 6. The number of carbonyl (C=O) groups excluding carboxylic acids is 2. The van der Waals surface area contributed by atoms with Crippen LogP contribution < -0.4 is 10.2 Å². The Hall–Kier alpha value is -1.74. The number of carboxylic acids is 2. The highest BCUT2D eigenvalue weighted by Gasteiger charge is 2.80. The lowest BCUT2D eigenvalue weighted by Crippen LogP contribution is -2.76. The molecule has 0 fully saturated rings. The molecular formula is C8H2F6O4-2. The summed E-state index contributed by atoms with van der Waals surface area (Å²) in [7, 11) is 0. The quantitative estimate of drug-likeness (QED) is 0.466. The first kappa shape index (κ1) is 14.3. The van der Waals surface area contributed by atoms with Crippen LogP contribution >= 0.6 is 0 Å². The molecule has 0 aliphatic heterocycles. The van der Waals surface area contributed by atoms with E-state index in [4.69, 9.17) is 0 Å². The van der Waals surface area contributed by atoms with Gasteiger partial charge < -0.3 is 19.8 Å². The lowest BCUT2D eigenvalue weighted by atomic mass is 9.75. The third-order valence-electron chi connectivity index (χ3n) is 2.45. The van der Waals surface area contributed by atoms with Crippen LogP contribution in [-0.4, -0.2) is 35.1 Å². The predicted octanol–water partition coefficient (Wildman–Crippen LogP) is -1.26. The smallest absolute Gasteiger partial charge is 0.335 e. The molecule has 0 heterocycles. The van der Waals surface area contributed by atoms with Crippen molar-refractivity contribution in [2.24, 2.45) is 0 Å². The average Bonchev–Trinajstić information content (AvgIpc) is 2.21. The molecule has 1 aliphatic carbocycles. The third-order valence-corrected chi connectivity index (χ3v) is 2.45. The number of halogens is 6. The summed E-state index contributed by atoms with van der Waals surface area (Å²) in [5.41, 5.74) is -10.9. The number of hydrogen-bond acceptors (Lipinski definition) is 4. The molecule has 0 saturated carbocycles. The minimum absolute atomic E-state index is 0.858. The van der Waals surface area contributed by atoms with Gasteiger partial charge in [-0.2, -0.15) is 17.6 Å². The second kappa shape index (κ2) is 3.39. The average molecular weight is 276 g/mol. The van der Waals surface area contributed by atoms with Crippen molar-refractivity contribution in [3.05, 3.63) is 12.2 Å². The van der Waals surface area contributed by atoms with Crippen LogP contribution in [0.2, 0.25) is 0 Å². The largest absolute Gasteiger partial charge is 0.546 e. The van der Waals surface area contributed by atoms with Crippen molar-refractivity contribution in [1.29, 1.82) is 0 Å². The van der Waals surface area contributed by atoms with Gasteiger partial charge in [-0.15, -0.1) is 0 Å². The van der Waals surface area contributed by atoms with Gasteiger partial charge >= 0.3 is 11.8 Å². The molecule has 10 heteroatoms. The molecule has 0 spiro atoms. The number of carbonyl (C=O) groups is 2. The molecule has 1 rings (SSSR count). The molecule has 0 aromatic carbocycles.